The molecular weight excluding hydrogens is 436 g/mol. The average molecular weight is 465 g/mol. The van der Waals surface area contributed by atoms with E-state index in [0.717, 1.165) is 18.8 Å². The van der Waals surface area contributed by atoms with Crippen molar-refractivity contribution in [2.75, 3.05) is 49.7 Å². The molecule has 4 rings (SSSR count). The molecule has 0 spiro atoms. The van der Waals surface area contributed by atoms with Crippen molar-refractivity contribution in [3.63, 3.8) is 0 Å². The lowest BCUT2D eigenvalue weighted by atomic mass is 10.1. The van der Waals surface area contributed by atoms with Crippen molar-refractivity contribution < 1.29 is 21.6 Å². The number of nitrogens with zero attached hydrogens (tertiary/aromatic N) is 2. The van der Waals surface area contributed by atoms with Crippen molar-refractivity contribution in [1.29, 1.82) is 0 Å². The van der Waals surface area contributed by atoms with E-state index in [1.54, 1.807) is 12.1 Å². The van der Waals surface area contributed by atoms with Gasteiger partial charge in [-0.2, -0.15) is 0 Å². The molecule has 2 aromatic rings. The Morgan fingerprint density at radius 2 is 1.65 bits per heavy atom. The summed E-state index contributed by atoms with van der Waals surface area (Å²) < 4.78 is 56.8. The molecule has 0 aliphatic carbocycles. The van der Waals surface area contributed by atoms with Crippen molar-refractivity contribution in [2.24, 2.45) is 0 Å². The van der Waals surface area contributed by atoms with Crippen LogP contribution in [0.2, 0.25) is 0 Å². The molecule has 0 radical (unpaired) electrons. The Morgan fingerprint density at radius 3 is 2.26 bits per heavy atom. The molecule has 0 N–H and O–H groups in total. The summed E-state index contributed by atoms with van der Waals surface area (Å²) in [4.78, 5) is 4.45. The van der Waals surface area contributed by atoms with Crippen molar-refractivity contribution in [3.05, 3.63) is 54.1 Å². The summed E-state index contributed by atoms with van der Waals surface area (Å²) in [5.41, 5.74) is 2.33. The zero-order valence-electron chi connectivity index (χ0n) is 17.8. The van der Waals surface area contributed by atoms with E-state index >= 15 is 0 Å². The van der Waals surface area contributed by atoms with Crippen LogP contribution in [0.3, 0.4) is 0 Å². The van der Waals surface area contributed by atoms with Gasteiger partial charge in [-0.3, -0.25) is 4.90 Å². The van der Waals surface area contributed by atoms with Crippen LogP contribution in [0.1, 0.15) is 5.56 Å². The predicted molar refractivity (Wildman–Crippen MR) is 121 cm³/mol. The summed E-state index contributed by atoms with van der Waals surface area (Å²) in [6.45, 7) is 4.77. The first-order valence-corrected chi connectivity index (χ1v) is 13.7. The molecular formula is C22H28N2O5S2. The van der Waals surface area contributed by atoms with Gasteiger partial charge >= 0.3 is 0 Å². The third-order valence-electron chi connectivity index (χ3n) is 6.21. The SMILES string of the molecule is COc1ccc(S(=O)(=O)[C@H]2CS(=O)(=O)C[C@@H]2N2CCN(c3cccc(C)c3)CC2)cc1. The highest BCUT2D eigenvalue weighted by atomic mass is 32.2. The van der Waals surface area contributed by atoms with Gasteiger partial charge < -0.3 is 9.64 Å². The molecule has 168 valence electrons. The molecule has 2 saturated heterocycles. The standard InChI is InChI=1S/C22H28N2O5S2/c1-17-4-3-5-18(14-17)23-10-12-24(13-11-23)21-15-30(25,26)16-22(21)31(27,28)20-8-6-19(29-2)7-9-20/h3-9,14,21-22H,10-13,15-16H2,1-2H3/t21-,22-/m0/s1. The molecule has 7 nitrogen and oxygen atoms in total. The Balaban J connectivity index is 1.54. The minimum absolute atomic E-state index is 0.114. The second-order valence-electron chi connectivity index (χ2n) is 8.27. The van der Waals surface area contributed by atoms with Crippen molar-refractivity contribution in [3.8, 4) is 5.75 Å². The molecule has 0 amide bonds. The van der Waals surface area contributed by atoms with E-state index in [-0.39, 0.29) is 16.4 Å². The summed E-state index contributed by atoms with van der Waals surface area (Å²) in [6, 6.07) is 13.9. The normalized spacial score (nSPS) is 24.3. The molecule has 31 heavy (non-hydrogen) atoms. The lowest BCUT2D eigenvalue weighted by molar-refractivity contribution is 0.201. The number of rotatable bonds is 5. The quantitative estimate of drug-likeness (QED) is 0.667. The van der Waals surface area contributed by atoms with E-state index < -0.39 is 31.0 Å². The number of hydrogen-bond acceptors (Lipinski definition) is 7. The van der Waals surface area contributed by atoms with Crippen LogP contribution in [0.5, 0.6) is 5.75 Å². The van der Waals surface area contributed by atoms with E-state index in [9.17, 15) is 16.8 Å². The Hall–Kier alpha value is -2.10. The summed E-state index contributed by atoms with van der Waals surface area (Å²) in [5, 5.41) is -0.962. The van der Waals surface area contributed by atoms with Crippen molar-refractivity contribution in [2.45, 2.75) is 23.1 Å². The minimum atomic E-state index is -3.79. The predicted octanol–water partition coefficient (Wildman–Crippen LogP) is 1.77. The number of aryl methyl sites for hydroxylation is 1. The topological polar surface area (TPSA) is 84.0 Å². The number of benzene rings is 2. The largest absolute Gasteiger partial charge is 0.497 e. The fourth-order valence-corrected chi connectivity index (χ4v) is 9.34. The zero-order valence-corrected chi connectivity index (χ0v) is 19.4. The monoisotopic (exact) mass is 464 g/mol. The Bertz CT molecular complexity index is 1140. The molecule has 2 atom stereocenters. The average Bonchev–Trinajstić information content (AvgIpc) is 3.10. The van der Waals surface area contributed by atoms with Crippen LogP contribution in [-0.2, 0) is 19.7 Å². The highest BCUT2D eigenvalue weighted by Gasteiger charge is 2.48. The number of hydrogen-bond donors (Lipinski definition) is 0. The van der Waals surface area contributed by atoms with Gasteiger partial charge in [-0.1, -0.05) is 12.1 Å². The zero-order chi connectivity index (χ0) is 22.2. The molecule has 2 aromatic carbocycles. The van der Waals surface area contributed by atoms with E-state index in [0.29, 0.717) is 18.8 Å². The first kappa shape index (κ1) is 22.1. The van der Waals surface area contributed by atoms with Crippen LogP contribution < -0.4 is 9.64 Å². The summed E-state index contributed by atoms with van der Waals surface area (Å²) >= 11 is 0. The molecule has 2 aliphatic heterocycles. The summed E-state index contributed by atoms with van der Waals surface area (Å²) in [6.07, 6.45) is 0. The van der Waals surface area contributed by atoms with E-state index in [1.807, 2.05) is 11.0 Å². The third-order valence-corrected chi connectivity index (χ3v) is 10.3. The number of ether oxygens (including phenoxy) is 1. The minimum Gasteiger partial charge on any atom is -0.497 e. The smallest absolute Gasteiger partial charge is 0.183 e. The summed E-state index contributed by atoms with van der Waals surface area (Å²) in [7, 11) is -5.71. The number of methoxy groups -OCH3 is 1. The molecule has 0 aromatic heterocycles. The summed E-state index contributed by atoms with van der Waals surface area (Å²) in [5.74, 6) is 0.114. The molecule has 2 aliphatic rings. The number of anilines is 1. The molecule has 0 saturated carbocycles. The van der Waals surface area contributed by atoms with Gasteiger partial charge in [0.2, 0.25) is 0 Å². The Kier molecular flexibility index (Phi) is 6.02. The maximum Gasteiger partial charge on any atom is 0.183 e. The van der Waals surface area contributed by atoms with E-state index in [2.05, 4.69) is 30.0 Å². The number of piperazine rings is 1. The first-order valence-electron chi connectivity index (χ1n) is 10.3. The number of sulfone groups is 2. The van der Waals surface area contributed by atoms with Gasteiger partial charge in [-0.05, 0) is 48.9 Å². The van der Waals surface area contributed by atoms with Crippen LogP contribution >= 0.6 is 0 Å². The molecule has 0 bridgehead atoms. The molecule has 2 heterocycles. The maximum atomic E-state index is 13.4. The lowest BCUT2D eigenvalue weighted by Crippen LogP contribution is -2.55. The second kappa shape index (κ2) is 8.44. The molecule has 2 fully saturated rings. The lowest BCUT2D eigenvalue weighted by Gasteiger charge is -2.40. The van der Waals surface area contributed by atoms with E-state index in [4.69, 9.17) is 4.74 Å². The second-order valence-corrected chi connectivity index (χ2v) is 12.6. The molecule has 0 unspecified atom stereocenters. The fraction of sp³-hybridized carbons (Fsp3) is 0.455. The maximum absolute atomic E-state index is 13.4. The van der Waals surface area contributed by atoms with Crippen LogP contribution in [0.15, 0.2) is 53.4 Å². The van der Waals surface area contributed by atoms with Crippen LogP contribution in [0.4, 0.5) is 5.69 Å². The van der Waals surface area contributed by atoms with Gasteiger partial charge in [0.25, 0.3) is 0 Å². The third kappa shape index (κ3) is 4.58. The van der Waals surface area contributed by atoms with Gasteiger partial charge in [-0.25, -0.2) is 16.8 Å². The van der Waals surface area contributed by atoms with Crippen LogP contribution in [0.25, 0.3) is 0 Å². The highest BCUT2D eigenvalue weighted by Crippen LogP contribution is 2.31. The molecule has 9 heteroatoms. The highest BCUT2D eigenvalue weighted by molar-refractivity contribution is 7.96. The first-order chi connectivity index (χ1) is 14.7. The van der Waals surface area contributed by atoms with E-state index in [1.165, 1.54) is 24.8 Å². The fourth-order valence-electron chi connectivity index (χ4n) is 4.51. The van der Waals surface area contributed by atoms with Crippen LogP contribution in [0, 0.1) is 6.92 Å². The van der Waals surface area contributed by atoms with Gasteiger partial charge in [0.15, 0.2) is 19.7 Å². The Labute approximate surface area is 184 Å². The van der Waals surface area contributed by atoms with Gasteiger partial charge in [-0.15, -0.1) is 0 Å². The van der Waals surface area contributed by atoms with Gasteiger partial charge in [0, 0.05) is 37.9 Å². The van der Waals surface area contributed by atoms with Crippen molar-refractivity contribution >= 4 is 25.4 Å². The van der Waals surface area contributed by atoms with Gasteiger partial charge in [0.1, 0.15) is 5.75 Å². The Morgan fingerprint density at radius 1 is 0.968 bits per heavy atom. The van der Waals surface area contributed by atoms with Crippen LogP contribution in [-0.4, -0.2) is 77.8 Å². The van der Waals surface area contributed by atoms with Crippen molar-refractivity contribution in [1.82, 2.24) is 4.90 Å². The van der Waals surface area contributed by atoms with Gasteiger partial charge in [0.05, 0.1) is 28.8 Å².